The van der Waals surface area contributed by atoms with Crippen LogP contribution in [0.15, 0.2) is 24.3 Å². The van der Waals surface area contributed by atoms with E-state index in [0.717, 1.165) is 30.6 Å². The van der Waals surface area contributed by atoms with Gasteiger partial charge in [-0.05, 0) is 24.0 Å². The molecular formula is C17H21NO5. The third-order valence-electron chi connectivity index (χ3n) is 4.41. The molecule has 0 saturated carbocycles. The van der Waals surface area contributed by atoms with Crippen LogP contribution in [0.25, 0.3) is 0 Å². The number of amides is 1. The van der Waals surface area contributed by atoms with Crippen LogP contribution in [0.4, 0.5) is 0 Å². The van der Waals surface area contributed by atoms with Gasteiger partial charge < -0.3 is 19.5 Å². The highest BCUT2D eigenvalue weighted by Crippen LogP contribution is 2.23. The Hall–Kier alpha value is -1.92. The second-order valence-electron chi connectivity index (χ2n) is 6.00. The van der Waals surface area contributed by atoms with Gasteiger partial charge in [-0.3, -0.25) is 4.79 Å². The van der Waals surface area contributed by atoms with E-state index < -0.39 is 12.0 Å². The molecule has 0 bridgehead atoms. The van der Waals surface area contributed by atoms with Crippen molar-refractivity contribution in [3.8, 4) is 0 Å². The predicted octanol–water partition coefficient (Wildman–Crippen LogP) is 1.22. The van der Waals surface area contributed by atoms with Gasteiger partial charge in [0, 0.05) is 19.6 Å². The molecule has 1 aromatic carbocycles. The van der Waals surface area contributed by atoms with Crippen molar-refractivity contribution in [2.24, 2.45) is 0 Å². The van der Waals surface area contributed by atoms with E-state index in [9.17, 15) is 14.7 Å². The van der Waals surface area contributed by atoms with Gasteiger partial charge in [0.1, 0.15) is 12.6 Å². The van der Waals surface area contributed by atoms with E-state index in [0.29, 0.717) is 19.6 Å². The van der Waals surface area contributed by atoms with Gasteiger partial charge >= 0.3 is 5.97 Å². The Morgan fingerprint density at radius 3 is 2.78 bits per heavy atom. The highest BCUT2D eigenvalue weighted by molar-refractivity contribution is 5.85. The average Bonchev–Trinajstić information content (AvgIpc) is 3.06. The molecule has 1 aromatic rings. The van der Waals surface area contributed by atoms with E-state index in [2.05, 4.69) is 0 Å². The van der Waals surface area contributed by atoms with Crippen molar-refractivity contribution in [3.05, 3.63) is 35.4 Å². The zero-order valence-electron chi connectivity index (χ0n) is 12.9. The minimum atomic E-state index is -0.980. The number of carbonyl (C=O) groups is 2. The molecule has 0 unspecified atom stereocenters. The monoisotopic (exact) mass is 319 g/mol. The Morgan fingerprint density at radius 1 is 1.30 bits per heavy atom. The van der Waals surface area contributed by atoms with Crippen LogP contribution in [0, 0.1) is 0 Å². The van der Waals surface area contributed by atoms with E-state index in [1.807, 2.05) is 24.3 Å². The largest absolute Gasteiger partial charge is 0.480 e. The highest BCUT2D eigenvalue weighted by atomic mass is 16.5. The van der Waals surface area contributed by atoms with Gasteiger partial charge in [0.2, 0.25) is 5.91 Å². The quantitative estimate of drug-likeness (QED) is 0.883. The standard InChI is InChI=1S/C17H21NO5/c19-16(11-22-10-14-6-3-7-23-14)18-9-13-5-2-1-4-12(13)8-15(18)17(20)21/h1-2,4-5,14-15H,3,6-11H2,(H,20,21)/t14-,15-/m0/s1. The Balaban J connectivity index is 1.61. The first-order chi connectivity index (χ1) is 11.1. The molecule has 2 atom stereocenters. The molecule has 1 N–H and O–H groups in total. The fourth-order valence-electron chi connectivity index (χ4n) is 3.14. The molecule has 2 aliphatic heterocycles. The second-order valence-corrected chi connectivity index (χ2v) is 6.00. The van der Waals surface area contributed by atoms with Crippen molar-refractivity contribution in [1.29, 1.82) is 0 Å². The fraction of sp³-hybridized carbons (Fsp3) is 0.529. The number of hydrogen-bond donors (Lipinski definition) is 1. The number of fused-ring (bicyclic) bond motifs is 1. The number of carbonyl (C=O) groups excluding carboxylic acids is 1. The van der Waals surface area contributed by atoms with Gasteiger partial charge in [-0.15, -0.1) is 0 Å². The lowest BCUT2D eigenvalue weighted by Crippen LogP contribution is -2.50. The van der Waals surface area contributed by atoms with Crippen LogP contribution < -0.4 is 0 Å². The normalized spacial score (nSPS) is 23.6. The summed E-state index contributed by atoms with van der Waals surface area (Å²) in [5, 5.41) is 9.43. The zero-order valence-corrected chi connectivity index (χ0v) is 12.9. The van der Waals surface area contributed by atoms with Crippen LogP contribution in [0.5, 0.6) is 0 Å². The number of benzene rings is 1. The Labute approximate surface area is 135 Å². The summed E-state index contributed by atoms with van der Waals surface area (Å²) < 4.78 is 10.9. The van der Waals surface area contributed by atoms with E-state index in [1.165, 1.54) is 4.90 Å². The Kier molecular flexibility index (Phi) is 4.93. The highest BCUT2D eigenvalue weighted by Gasteiger charge is 2.34. The summed E-state index contributed by atoms with van der Waals surface area (Å²) in [6.07, 6.45) is 2.36. The molecule has 3 rings (SSSR count). The molecule has 0 spiro atoms. The molecule has 23 heavy (non-hydrogen) atoms. The predicted molar refractivity (Wildman–Crippen MR) is 81.9 cm³/mol. The first-order valence-electron chi connectivity index (χ1n) is 7.93. The van der Waals surface area contributed by atoms with Gasteiger partial charge in [-0.1, -0.05) is 24.3 Å². The lowest BCUT2D eigenvalue weighted by molar-refractivity contribution is -0.154. The third kappa shape index (κ3) is 3.71. The first-order valence-corrected chi connectivity index (χ1v) is 7.93. The maximum absolute atomic E-state index is 12.4. The van der Waals surface area contributed by atoms with Crippen molar-refractivity contribution in [2.75, 3.05) is 19.8 Å². The van der Waals surface area contributed by atoms with E-state index in [4.69, 9.17) is 9.47 Å². The Morgan fingerprint density at radius 2 is 2.09 bits per heavy atom. The summed E-state index contributed by atoms with van der Waals surface area (Å²) >= 11 is 0. The third-order valence-corrected chi connectivity index (χ3v) is 4.41. The lowest BCUT2D eigenvalue weighted by atomic mass is 9.94. The van der Waals surface area contributed by atoms with Crippen LogP contribution in [0.2, 0.25) is 0 Å². The summed E-state index contributed by atoms with van der Waals surface area (Å²) in [5.74, 6) is -1.27. The molecule has 124 valence electrons. The molecule has 1 saturated heterocycles. The minimum absolute atomic E-state index is 0.0557. The van der Waals surface area contributed by atoms with Crippen LogP contribution in [0.1, 0.15) is 24.0 Å². The summed E-state index contributed by atoms with van der Waals surface area (Å²) in [5.41, 5.74) is 1.99. The average molecular weight is 319 g/mol. The number of carboxylic acid groups (broad SMARTS) is 1. The number of ether oxygens (including phenoxy) is 2. The van der Waals surface area contributed by atoms with Crippen LogP contribution in [-0.2, 0) is 32.0 Å². The SMILES string of the molecule is O=C(O)[C@@H]1Cc2ccccc2CN1C(=O)COC[C@@H]1CCCO1. The second kappa shape index (κ2) is 7.10. The molecule has 0 aromatic heterocycles. The van der Waals surface area contributed by atoms with Crippen molar-refractivity contribution in [1.82, 2.24) is 4.90 Å². The molecule has 6 nitrogen and oxygen atoms in total. The maximum Gasteiger partial charge on any atom is 0.326 e. The smallest absolute Gasteiger partial charge is 0.326 e. The molecule has 6 heteroatoms. The number of aliphatic carboxylic acids is 1. The summed E-state index contributed by atoms with van der Waals surface area (Å²) in [6, 6.07) is 6.81. The number of rotatable bonds is 5. The van der Waals surface area contributed by atoms with Gasteiger partial charge in [0.15, 0.2) is 0 Å². The van der Waals surface area contributed by atoms with E-state index in [1.54, 1.807) is 0 Å². The molecule has 0 aliphatic carbocycles. The molecule has 1 amide bonds. The molecule has 2 aliphatic rings. The Bertz CT molecular complexity index is 582. The van der Waals surface area contributed by atoms with Crippen molar-refractivity contribution < 1.29 is 24.2 Å². The minimum Gasteiger partial charge on any atom is -0.480 e. The number of nitrogens with zero attached hydrogens (tertiary/aromatic N) is 1. The van der Waals surface area contributed by atoms with Crippen LogP contribution >= 0.6 is 0 Å². The van der Waals surface area contributed by atoms with Gasteiger partial charge in [-0.25, -0.2) is 4.79 Å². The first kappa shape index (κ1) is 16.0. The summed E-state index contributed by atoms with van der Waals surface area (Å²) in [4.78, 5) is 25.3. The van der Waals surface area contributed by atoms with Gasteiger partial charge in [0.05, 0.1) is 12.7 Å². The molecule has 1 fully saturated rings. The van der Waals surface area contributed by atoms with Gasteiger partial charge in [0.25, 0.3) is 0 Å². The van der Waals surface area contributed by atoms with Crippen molar-refractivity contribution in [3.63, 3.8) is 0 Å². The lowest BCUT2D eigenvalue weighted by Gasteiger charge is -2.34. The number of hydrogen-bond acceptors (Lipinski definition) is 4. The zero-order chi connectivity index (χ0) is 16.2. The van der Waals surface area contributed by atoms with Crippen molar-refractivity contribution >= 4 is 11.9 Å². The van der Waals surface area contributed by atoms with Crippen LogP contribution in [0.3, 0.4) is 0 Å². The van der Waals surface area contributed by atoms with Crippen molar-refractivity contribution in [2.45, 2.75) is 38.0 Å². The topological polar surface area (TPSA) is 76.1 Å². The van der Waals surface area contributed by atoms with Crippen LogP contribution in [-0.4, -0.2) is 53.8 Å². The number of carboxylic acids is 1. The summed E-state index contributed by atoms with van der Waals surface area (Å²) in [7, 11) is 0. The molecule has 2 heterocycles. The summed E-state index contributed by atoms with van der Waals surface area (Å²) in [6.45, 7) is 1.33. The fourth-order valence-corrected chi connectivity index (χ4v) is 3.14. The molecular weight excluding hydrogens is 298 g/mol. The maximum atomic E-state index is 12.4. The van der Waals surface area contributed by atoms with Gasteiger partial charge in [-0.2, -0.15) is 0 Å². The van der Waals surface area contributed by atoms with E-state index in [-0.39, 0.29) is 18.6 Å². The van der Waals surface area contributed by atoms with E-state index >= 15 is 0 Å². The molecule has 0 radical (unpaired) electrons.